The van der Waals surface area contributed by atoms with Gasteiger partial charge in [0.25, 0.3) is 0 Å². The fraction of sp³-hybridized carbons (Fsp3) is 0.400. The SMILES string of the molecule is COC1Oc2c3c(B(O)O)cc1c2C(OC)O3. The third kappa shape index (κ3) is 1.31. The van der Waals surface area contributed by atoms with Crippen molar-refractivity contribution >= 4 is 12.6 Å². The quantitative estimate of drug-likeness (QED) is 0.687. The van der Waals surface area contributed by atoms with Crippen LogP contribution < -0.4 is 14.9 Å². The van der Waals surface area contributed by atoms with Gasteiger partial charge in [0.15, 0.2) is 11.5 Å². The van der Waals surface area contributed by atoms with Gasteiger partial charge in [0.05, 0.1) is 5.56 Å². The van der Waals surface area contributed by atoms with Crippen LogP contribution in [0.25, 0.3) is 0 Å². The summed E-state index contributed by atoms with van der Waals surface area (Å²) in [5.74, 6) is 0.787. The van der Waals surface area contributed by atoms with Crippen molar-refractivity contribution in [1.29, 1.82) is 0 Å². The minimum absolute atomic E-state index is 0.262. The van der Waals surface area contributed by atoms with Crippen LogP contribution >= 0.6 is 0 Å². The fourth-order valence-corrected chi connectivity index (χ4v) is 2.24. The molecule has 4 bridgehead atoms. The summed E-state index contributed by atoms with van der Waals surface area (Å²) in [4.78, 5) is 0. The third-order valence-electron chi connectivity index (χ3n) is 2.98. The van der Waals surface area contributed by atoms with Crippen LogP contribution in [0.5, 0.6) is 11.5 Å². The summed E-state index contributed by atoms with van der Waals surface area (Å²) < 4.78 is 21.3. The zero-order valence-corrected chi connectivity index (χ0v) is 9.34. The van der Waals surface area contributed by atoms with Crippen LogP contribution in [0, 0.1) is 0 Å². The van der Waals surface area contributed by atoms with Gasteiger partial charge in [0.2, 0.25) is 12.6 Å². The van der Waals surface area contributed by atoms with Gasteiger partial charge in [-0.2, -0.15) is 0 Å². The molecule has 2 aliphatic heterocycles. The average Bonchev–Trinajstić information content (AvgIpc) is 2.71. The lowest BCUT2D eigenvalue weighted by Crippen LogP contribution is -2.30. The second-order valence-corrected chi connectivity index (χ2v) is 3.87. The summed E-state index contributed by atoms with van der Waals surface area (Å²) in [6.07, 6.45) is -1.13. The smallest absolute Gasteiger partial charge is 0.457 e. The highest BCUT2D eigenvalue weighted by Gasteiger charge is 2.45. The molecule has 17 heavy (non-hydrogen) atoms. The molecule has 0 amide bonds. The molecule has 90 valence electrons. The van der Waals surface area contributed by atoms with Gasteiger partial charge < -0.3 is 29.0 Å². The highest BCUT2D eigenvalue weighted by atomic mass is 16.7. The van der Waals surface area contributed by atoms with Crippen molar-refractivity contribution in [1.82, 2.24) is 0 Å². The van der Waals surface area contributed by atoms with E-state index >= 15 is 0 Å². The van der Waals surface area contributed by atoms with Crippen LogP contribution in [0.2, 0.25) is 0 Å². The predicted molar refractivity (Wildman–Crippen MR) is 57.0 cm³/mol. The zero-order chi connectivity index (χ0) is 12.2. The van der Waals surface area contributed by atoms with Crippen molar-refractivity contribution in [3.63, 3.8) is 0 Å². The van der Waals surface area contributed by atoms with Gasteiger partial charge in [0.1, 0.15) is 0 Å². The Morgan fingerprint density at radius 3 is 2.35 bits per heavy atom. The molecule has 1 aromatic rings. The molecule has 2 heterocycles. The molecule has 6 nitrogen and oxygen atoms in total. The van der Waals surface area contributed by atoms with E-state index < -0.39 is 19.7 Å². The molecule has 0 aliphatic carbocycles. The van der Waals surface area contributed by atoms with Gasteiger partial charge >= 0.3 is 7.12 Å². The predicted octanol–water partition coefficient (Wildman–Crippen LogP) is -0.559. The first kappa shape index (κ1) is 10.9. The maximum Gasteiger partial charge on any atom is 0.492 e. The molecular formula is C10H11BO6. The van der Waals surface area contributed by atoms with Crippen molar-refractivity contribution < 1.29 is 29.0 Å². The van der Waals surface area contributed by atoms with Crippen LogP contribution in [-0.4, -0.2) is 31.4 Å². The van der Waals surface area contributed by atoms with Gasteiger partial charge in [-0.25, -0.2) is 0 Å². The molecule has 3 rings (SSSR count). The Labute approximate surface area is 97.8 Å². The lowest BCUT2D eigenvalue weighted by Gasteiger charge is -2.12. The molecular weight excluding hydrogens is 227 g/mol. The summed E-state index contributed by atoms with van der Waals surface area (Å²) in [5.41, 5.74) is 1.73. The van der Waals surface area contributed by atoms with Crippen LogP contribution in [0.4, 0.5) is 0 Å². The molecule has 0 aromatic heterocycles. The van der Waals surface area contributed by atoms with Gasteiger partial charge in [0, 0.05) is 25.2 Å². The normalized spacial score (nSPS) is 23.5. The number of ether oxygens (including phenoxy) is 4. The van der Waals surface area contributed by atoms with Crippen LogP contribution in [0.1, 0.15) is 23.7 Å². The molecule has 0 fully saturated rings. The monoisotopic (exact) mass is 238 g/mol. The highest BCUT2D eigenvalue weighted by molar-refractivity contribution is 6.60. The number of methoxy groups -OCH3 is 2. The minimum Gasteiger partial charge on any atom is -0.457 e. The lowest BCUT2D eigenvalue weighted by atomic mass is 9.78. The fourth-order valence-electron chi connectivity index (χ4n) is 2.24. The van der Waals surface area contributed by atoms with Crippen LogP contribution in [-0.2, 0) is 9.47 Å². The van der Waals surface area contributed by atoms with E-state index in [1.54, 1.807) is 6.07 Å². The molecule has 2 aliphatic rings. The number of rotatable bonds is 3. The van der Waals surface area contributed by atoms with E-state index in [0.29, 0.717) is 17.1 Å². The molecule has 0 spiro atoms. The summed E-state index contributed by atoms with van der Waals surface area (Å²) in [6, 6.07) is 1.61. The highest BCUT2D eigenvalue weighted by Crippen LogP contribution is 2.53. The van der Waals surface area contributed by atoms with Crippen molar-refractivity contribution in [3.8, 4) is 11.5 Å². The third-order valence-corrected chi connectivity index (χ3v) is 2.98. The Balaban J connectivity index is 2.17. The van der Waals surface area contributed by atoms with Crippen LogP contribution in [0.15, 0.2) is 6.07 Å². The molecule has 2 unspecified atom stereocenters. The van der Waals surface area contributed by atoms with E-state index in [9.17, 15) is 10.0 Å². The van der Waals surface area contributed by atoms with E-state index in [1.807, 2.05) is 0 Å². The second kappa shape index (κ2) is 3.61. The van der Waals surface area contributed by atoms with E-state index in [4.69, 9.17) is 18.9 Å². The Hall–Kier alpha value is -1.28. The van der Waals surface area contributed by atoms with Gasteiger partial charge in [-0.3, -0.25) is 0 Å². The van der Waals surface area contributed by atoms with Crippen molar-refractivity contribution in [2.75, 3.05) is 14.2 Å². The lowest BCUT2D eigenvalue weighted by molar-refractivity contribution is -0.0621. The molecule has 0 radical (unpaired) electrons. The van der Waals surface area contributed by atoms with Crippen molar-refractivity contribution in [2.45, 2.75) is 12.6 Å². The Bertz CT molecular complexity index is 474. The topological polar surface area (TPSA) is 77.4 Å². The Kier molecular flexibility index (Phi) is 2.30. The Morgan fingerprint density at radius 1 is 1.12 bits per heavy atom. The average molecular weight is 238 g/mol. The van der Waals surface area contributed by atoms with E-state index in [1.165, 1.54) is 14.2 Å². The largest absolute Gasteiger partial charge is 0.492 e. The Morgan fingerprint density at radius 2 is 1.76 bits per heavy atom. The maximum atomic E-state index is 9.29. The zero-order valence-electron chi connectivity index (χ0n) is 9.34. The van der Waals surface area contributed by atoms with E-state index in [-0.39, 0.29) is 5.46 Å². The summed E-state index contributed by atoms with van der Waals surface area (Å²) >= 11 is 0. The first-order valence-corrected chi connectivity index (χ1v) is 5.13. The maximum absolute atomic E-state index is 9.29. The van der Waals surface area contributed by atoms with E-state index in [2.05, 4.69) is 0 Å². The van der Waals surface area contributed by atoms with Crippen molar-refractivity contribution in [2.24, 2.45) is 0 Å². The molecule has 1 aromatic carbocycles. The summed E-state index contributed by atoms with van der Waals surface area (Å²) in [5, 5.41) is 18.6. The molecule has 0 saturated heterocycles. The number of benzene rings is 1. The minimum atomic E-state index is -1.62. The first-order valence-electron chi connectivity index (χ1n) is 5.13. The van der Waals surface area contributed by atoms with E-state index in [0.717, 1.165) is 5.56 Å². The molecule has 7 heteroatoms. The molecule has 2 N–H and O–H groups in total. The summed E-state index contributed by atoms with van der Waals surface area (Å²) in [6.45, 7) is 0. The number of hydrogen-bond donors (Lipinski definition) is 2. The van der Waals surface area contributed by atoms with Gasteiger partial charge in [-0.1, -0.05) is 0 Å². The van der Waals surface area contributed by atoms with Gasteiger partial charge in [-0.15, -0.1) is 0 Å². The molecule has 0 saturated carbocycles. The second-order valence-electron chi connectivity index (χ2n) is 3.87. The summed E-state index contributed by atoms with van der Waals surface area (Å²) in [7, 11) is 1.41. The van der Waals surface area contributed by atoms with Crippen LogP contribution in [0.3, 0.4) is 0 Å². The first-order chi connectivity index (χ1) is 8.17. The van der Waals surface area contributed by atoms with Crippen molar-refractivity contribution in [3.05, 3.63) is 17.2 Å². The number of hydrogen-bond acceptors (Lipinski definition) is 6. The standard InChI is InChI=1S/C10H11BO6/c1-14-9-4-3-5(11(12)13)7-8(17-9)6(4)10(15-2)16-7/h3,9-10,12-13H,1-2H3. The van der Waals surface area contributed by atoms with Gasteiger partial charge in [-0.05, 0) is 6.07 Å². The molecule has 2 atom stereocenters.